The molecule has 6 heteroatoms. The minimum atomic E-state index is -0.411. The Balaban J connectivity index is 1.85. The van der Waals surface area contributed by atoms with Crippen molar-refractivity contribution in [3.8, 4) is 5.75 Å². The van der Waals surface area contributed by atoms with Gasteiger partial charge in [-0.05, 0) is 42.1 Å². The van der Waals surface area contributed by atoms with Crippen LogP contribution in [-0.2, 0) is 14.3 Å². The number of hydrogen-bond donors (Lipinski definition) is 1. The average Bonchev–Trinajstić information content (AvgIpc) is 2.81. The maximum atomic E-state index is 13.0. The van der Waals surface area contributed by atoms with Crippen LogP contribution in [-0.4, -0.2) is 45.4 Å². The van der Waals surface area contributed by atoms with Gasteiger partial charge in [-0.15, -0.1) is 0 Å². The van der Waals surface area contributed by atoms with Gasteiger partial charge in [-0.2, -0.15) is 0 Å². The summed E-state index contributed by atoms with van der Waals surface area (Å²) in [6.07, 6.45) is 1.75. The molecule has 0 aliphatic heterocycles. The van der Waals surface area contributed by atoms with Crippen LogP contribution in [0, 0.1) is 0 Å². The molecule has 32 heavy (non-hydrogen) atoms. The zero-order chi connectivity index (χ0) is 22.9. The minimum absolute atomic E-state index is 0.0816. The van der Waals surface area contributed by atoms with Crippen molar-refractivity contribution in [1.29, 1.82) is 0 Å². The van der Waals surface area contributed by atoms with Crippen molar-refractivity contribution in [2.45, 2.75) is 13.0 Å². The van der Waals surface area contributed by atoms with Crippen LogP contribution in [0.1, 0.15) is 22.8 Å². The summed E-state index contributed by atoms with van der Waals surface area (Å²) in [5.41, 5.74) is 1.66. The van der Waals surface area contributed by atoms with E-state index in [4.69, 9.17) is 14.2 Å². The molecule has 1 amide bonds. The number of hydrogen-bond acceptors (Lipinski definition) is 5. The predicted molar refractivity (Wildman–Crippen MR) is 125 cm³/mol. The Morgan fingerprint density at radius 3 is 2.41 bits per heavy atom. The number of carbonyl (C=O) groups excluding carboxylic acids is 2. The van der Waals surface area contributed by atoms with Crippen LogP contribution in [0.2, 0.25) is 0 Å². The highest BCUT2D eigenvalue weighted by Gasteiger charge is 2.15. The van der Waals surface area contributed by atoms with Gasteiger partial charge in [-0.3, -0.25) is 4.79 Å². The molecule has 166 valence electrons. The van der Waals surface area contributed by atoms with Crippen LogP contribution in [0.25, 0.3) is 16.8 Å². The first-order valence-electron chi connectivity index (χ1n) is 10.3. The third-order valence-corrected chi connectivity index (χ3v) is 4.89. The molecule has 0 heterocycles. The Labute approximate surface area is 187 Å². The lowest BCUT2D eigenvalue weighted by Gasteiger charge is -2.16. The van der Waals surface area contributed by atoms with Crippen molar-refractivity contribution in [3.63, 3.8) is 0 Å². The third kappa shape index (κ3) is 5.95. The molecule has 0 radical (unpaired) electrons. The minimum Gasteiger partial charge on any atom is -0.488 e. The van der Waals surface area contributed by atoms with E-state index in [-0.39, 0.29) is 18.6 Å². The summed E-state index contributed by atoms with van der Waals surface area (Å²) >= 11 is 0. The Morgan fingerprint density at radius 2 is 1.69 bits per heavy atom. The molecule has 0 aliphatic carbocycles. The first-order valence-corrected chi connectivity index (χ1v) is 10.3. The standard InChI is InChI=1S/C26H27NO5/c1-18(16-30-2)27-25(28)22(15-19-11-13-21(14-12-19)26(29)31-3)17-32-24-10-6-8-20-7-4-5-9-23(20)24/h4-15,18H,16-17H2,1-3H3,(H,27,28). The second kappa shape index (κ2) is 11.1. The largest absolute Gasteiger partial charge is 0.488 e. The molecule has 1 N–H and O–H groups in total. The van der Waals surface area contributed by atoms with Gasteiger partial charge in [0.25, 0.3) is 5.91 Å². The summed E-state index contributed by atoms with van der Waals surface area (Å²) in [4.78, 5) is 24.6. The van der Waals surface area contributed by atoms with Gasteiger partial charge in [0.1, 0.15) is 12.4 Å². The van der Waals surface area contributed by atoms with Crippen LogP contribution in [0.3, 0.4) is 0 Å². The number of carbonyl (C=O) groups is 2. The molecular weight excluding hydrogens is 406 g/mol. The average molecular weight is 434 g/mol. The van der Waals surface area contributed by atoms with Crippen molar-refractivity contribution < 1.29 is 23.8 Å². The monoisotopic (exact) mass is 433 g/mol. The number of methoxy groups -OCH3 is 2. The van der Waals surface area contributed by atoms with E-state index in [2.05, 4.69) is 5.32 Å². The van der Waals surface area contributed by atoms with Crippen LogP contribution < -0.4 is 10.1 Å². The molecule has 0 saturated carbocycles. The molecule has 3 aromatic carbocycles. The van der Waals surface area contributed by atoms with E-state index in [1.54, 1.807) is 37.5 Å². The van der Waals surface area contributed by atoms with E-state index < -0.39 is 5.97 Å². The molecular formula is C26H27NO5. The van der Waals surface area contributed by atoms with E-state index >= 15 is 0 Å². The number of benzene rings is 3. The molecule has 3 rings (SSSR count). The molecule has 3 aromatic rings. The highest BCUT2D eigenvalue weighted by molar-refractivity contribution is 5.98. The molecule has 1 atom stereocenters. The number of nitrogens with one attached hydrogen (secondary N) is 1. The second-order valence-corrected chi connectivity index (χ2v) is 7.38. The maximum absolute atomic E-state index is 13.0. The molecule has 0 bridgehead atoms. The lowest BCUT2D eigenvalue weighted by Crippen LogP contribution is -2.37. The molecule has 0 aromatic heterocycles. The first-order chi connectivity index (χ1) is 15.5. The molecule has 0 saturated heterocycles. The Hall–Kier alpha value is -3.64. The summed E-state index contributed by atoms with van der Waals surface area (Å²) in [5, 5.41) is 4.97. The fraction of sp³-hybridized carbons (Fsp3) is 0.231. The third-order valence-electron chi connectivity index (χ3n) is 4.89. The van der Waals surface area contributed by atoms with Crippen LogP contribution in [0.15, 0.2) is 72.3 Å². The summed E-state index contributed by atoms with van der Waals surface area (Å²) in [6.45, 7) is 2.35. The number of amides is 1. The summed E-state index contributed by atoms with van der Waals surface area (Å²) in [5.74, 6) is 0.0470. The maximum Gasteiger partial charge on any atom is 0.337 e. The van der Waals surface area contributed by atoms with Gasteiger partial charge in [0.15, 0.2) is 0 Å². The Morgan fingerprint density at radius 1 is 0.969 bits per heavy atom. The van der Waals surface area contributed by atoms with Gasteiger partial charge in [0, 0.05) is 18.5 Å². The van der Waals surface area contributed by atoms with E-state index in [0.717, 1.165) is 16.3 Å². The predicted octanol–water partition coefficient (Wildman–Crippen LogP) is 4.24. The number of fused-ring (bicyclic) bond motifs is 1. The van der Waals surface area contributed by atoms with E-state index in [0.29, 0.717) is 23.5 Å². The van der Waals surface area contributed by atoms with Crippen molar-refractivity contribution in [1.82, 2.24) is 5.32 Å². The quantitative estimate of drug-likeness (QED) is 0.404. The fourth-order valence-corrected chi connectivity index (χ4v) is 3.29. The summed E-state index contributed by atoms with van der Waals surface area (Å²) in [6, 6.07) is 20.4. The highest BCUT2D eigenvalue weighted by Crippen LogP contribution is 2.25. The molecule has 6 nitrogen and oxygen atoms in total. The number of rotatable bonds is 9. The number of ether oxygens (including phenoxy) is 3. The van der Waals surface area contributed by atoms with E-state index in [1.807, 2.05) is 49.4 Å². The molecule has 0 fully saturated rings. The zero-order valence-electron chi connectivity index (χ0n) is 18.5. The highest BCUT2D eigenvalue weighted by atomic mass is 16.5. The summed E-state index contributed by atoms with van der Waals surface area (Å²) < 4.78 is 15.9. The van der Waals surface area contributed by atoms with Gasteiger partial charge in [-0.25, -0.2) is 4.79 Å². The normalized spacial score (nSPS) is 12.3. The number of esters is 1. The first kappa shape index (κ1) is 23.0. The van der Waals surface area contributed by atoms with Crippen LogP contribution in [0.4, 0.5) is 0 Å². The molecule has 0 spiro atoms. The zero-order valence-corrected chi connectivity index (χ0v) is 18.5. The SMILES string of the molecule is COCC(C)NC(=O)C(=Cc1ccc(C(=O)OC)cc1)COc1cccc2ccccc12. The summed E-state index contributed by atoms with van der Waals surface area (Å²) in [7, 11) is 2.93. The van der Waals surface area contributed by atoms with Crippen LogP contribution in [0.5, 0.6) is 5.75 Å². The lowest BCUT2D eigenvalue weighted by atomic mass is 10.1. The second-order valence-electron chi connectivity index (χ2n) is 7.38. The Kier molecular flexibility index (Phi) is 8.00. The van der Waals surface area contributed by atoms with Gasteiger partial charge >= 0.3 is 5.97 Å². The lowest BCUT2D eigenvalue weighted by molar-refractivity contribution is -0.118. The van der Waals surface area contributed by atoms with Crippen molar-refractivity contribution >= 4 is 28.7 Å². The van der Waals surface area contributed by atoms with Crippen molar-refractivity contribution in [3.05, 3.63) is 83.4 Å². The van der Waals surface area contributed by atoms with Crippen molar-refractivity contribution in [2.75, 3.05) is 27.4 Å². The van der Waals surface area contributed by atoms with Crippen LogP contribution >= 0.6 is 0 Å². The van der Waals surface area contributed by atoms with E-state index in [9.17, 15) is 9.59 Å². The van der Waals surface area contributed by atoms with E-state index in [1.165, 1.54) is 7.11 Å². The Bertz CT molecular complexity index is 1100. The molecule has 1 unspecified atom stereocenters. The van der Waals surface area contributed by atoms with Gasteiger partial charge in [-0.1, -0.05) is 48.5 Å². The fourth-order valence-electron chi connectivity index (χ4n) is 3.29. The van der Waals surface area contributed by atoms with Crippen molar-refractivity contribution in [2.24, 2.45) is 0 Å². The van der Waals surface area contributed by atoms with Gasteiger partial charge in [0.2, 0.25) is 0 Å². The van der Waals surface area contributed by atoms with Gasteiger partial charge in [0.05, 0.1) is 24.9 Å². The topological polar surface area (TPSA) is 73.9 Å². The smallest absolute Gasteiger partial charge is 0.337 e. The van der Waals surface area contributed by atoms with Gasteiger partial charge < -0.3 is 19.5 Å². The molecule has 0 aliphatic rings.